The lowest BCUT2D eigenvalue weighted by Crippen LogP contribution is -2.17. The number of nitrogens with one attached hydrogen (secondary N) is 1. The van der Waals surface area contributed by atoms with Crippen molar-refractivity contribution in [2.75, 3.05) is 5.32 Å². The van der Waals surface area contributed by atoms with Crippen LogP contribution in [0.25, 0.3) is 0 Å². The molecule has 3 N–H and O–H groups in total. The lowest BCUT2D eigenvalue weighted by Gasteiger charge is -2.17. The molecule has 0 aromatic heterocycles. The largest absolute Gasteiger partial charge is 0.389 e. The Morgan fingerprint density at radius 2 is 2.00 bits per heavy atom. The summed E-state index contributed by atoms with van der Waals surface area (Å²) in [4.78, 5) is -0.0374. The molecule has 4 nitrogen and oxygen atoms in total. The molecule has 1 aromatic carbocycles. The van der Waals surface area contributed by atoms with Gasteiger partial charge in [0.2, 0.25) is 10.0 Å². The predicted molar refractivity (Wildman–Crippen MR) is 78.5 cm³/mol. The molecule has 120 valence electrons. The van der Waals surface area contributed by atoms with Crippen LogP contribution in [0.5, 0.6) is 0 Å². The molecule has 9 heteroatoms. The first kappa shape index (κ1) is 18.2. The maximum Gasteiger partial charge on any atom is 0.389 e. The van der Waals surface area contributed by atoms with E-state index in [0.717, 1.165) is 0 Å². The van der Waals surface area contributed by atoms with Gasteiger partial charge in [0.1, 0.15) is 0 Å². The quantitative estimate of drug-likeness (QED) is 0.781. The number of nitrogens with two attached hydrogens (primary N) is 1. The van der Waals surface area contributed by atoms with Gasteiger partial charge >= 0.3 is 6.18 Å². The standard InChI is InChI=1S/C12H16BrF3N2O2S/c1-8(3-2-6-12(14,15)16)18-11-5-4-9(7-10(11)13)21(17,19)20/h4-5,7-8,18H,2-3,6H2,1H3,(H2,17,19,20). The fourth-order valence-electron chi connectivity index (χ4n) is 1.74. The minimum atomic E-state index is -4.14. The summed E-state index contributed by atoms with van der Waals surface area (Å²) in [6.45, 7) is 1.76. The number of hydrogen-bond donors (Lipinski definition) is 2. The van der Waals surface area contributed by atoms with Crippen LogP contribution < -0.4 is 10.5 Å². The van der Waals surface area contributed by atoms with Crippen LogP contribution in [0, 0.1) is 0 Å². The van der Waals surface area contributed by atoms with E-state index in [1.54, 1.807) is 6.92 Å². The molecule has 1 unspecified atom stereocenters. The third-order valence-corrected chi connectivity index (χ3v) is 4.34. The van der Waals surface area contributed by atoms with E-state index in [1.807, 2.05) is 0 Å². The van der Waals surface area contributed by atoms with E-state index in [2.05, 4.69) is 21.2 Å². The van der Waals surface area contributed by atoms with Crippen LogP contribution in [0.15, 0.2) is 27.6 Å². The first-order valence-corrected chi connectivity index (χ1v) is 8.48. The van der Waals surface area contributed by atoms with E-state index in [0.29, 0.717) is 16.6 Å². The lowest BCUT2D eigenvalue weighted by atomic mass is 10.1. The number of rotatable bonds is 6. The fraction of sp³-hybridized carbons (Fsp3) is 0.500. The van der Waals surface area contributed by atoms with Crippen molar-refractivity contribution >= 4 is 31.6 Å². The first-order chi connectivity index (χ1) is 9.49. The third kappa shape index (κ3) is 6.66. The van der Waals surface area contributed by atoms with Gasteiger partial charge in [-0.25, -0.2) is 13.6 Å². The molecule has 0 fully saturated rings. The monoisotopic (exact) mass is 388 g/mol. The molecule has 21 heavy (non-hydrogen) atoms. The molecule has 0 heterocycles. The van der Waals surface area contributed by atoms with Crippen LogP contribution in [0.2, 0.25) is 0 Å². The fourth-order valence-corrected chi connectivity index (χ4v) is 2.92. The van der Waals surface area contributed by atoms with Crippen molar-refractivity contribution in [3.05, 3.63) is 22.7 Å². The third-order valence-electron chi connectivity index (χ3n) is 2.77. The topological polar surface area (TPSA) is 72.2 Å². The maximum atomic E-state index is 12.1. The molecule has 0 amide bonds. The number of alkyl halides is 3. The highest BCUT2D eigenvalue weighted by Crippen LogP contribution is 2.27. The van der Waals surface area contributed by atoms with E-state index in [4.69, 9.17) is 5.14 Å². The molecule has 1 atom stereocenters. The second-order valence-corrected chi connectivity index (χ2v) is 7.16. The van der Waals surface area contributed by atoms with E-state index in [1.165, 1.54) is 18.2 Å². The Kier molecular flexibility index (Phi) is 6.06. The van der Waals surface area contributed by atoms with E-state index < -0.39 is 22.6 Å². The number of halogens is 4. The summed E-state index contributed by atoms with van der Waals surface area (Å²) < 4.78 is 59.0. The number of hydrogen-bond acceptors (Lipinski definition) is 3. The molecular formula is C12H16BrF3N2O2S. The minimum absolute atomic E-state index is 0.0323. The van der Waals surface area contributed by atoms with E-state index in [-0.39, 0.29) is 17.4 Å². The van der Waals surface area contributed by atoms with Crippen LogP contribution >= 0.6 is 15.9 Å². The summed E-state index contributed by atoms with van der Waals surface area (Å²) in [5.41, 5.74) is 0.599. The zero-order valence-corrected chi connectivity index (χ0v) is 13.6. The van der Waals surface area contributed by atoms with Gasteiger partial charge in [0.05, 0.1) is 4.90 Å². The van der Waals surface area contributed by atoms with E-state index >= 15 is 0 Å². The van der Waals surface area contributed by atoms with Crippen molar-refractivity contribution < 1.29 is 21.6 Å². The Bertz CT molecular complexity index is 591. The van der Waals surface area contributed by atoms with Crippen molar-refractivity contribution in [1.29, 1.82) is 0 Å². The number of sulfonamides is 1. The van der Waals surface area contributed by atoms with E-state index in [9.17, 15) is 21.6 Å². The summed E-state index contributed by atoms with van der Waals surface area (Å²) in [5.74, 6) is 0. The SMILES string of the molecule is CC(CCCC(F)(F)F)Nc1ccc(S(N)(=O)=O)cc1Br. The van der Waals surface area contributed by atoms with Gasteiger partial charge in [-0.05, 0) is 53.9 Å². The van der Waals surface area contributed by atoms with Crippen LogP contribution in [0.3, 0.4) is 0 Å². The van der Waals surface area contributed by atoms with Gasteiger partial charge in [-0.1, -0.05) is 0 Å². The first-order valence-electron chi connectivity index (χ1n) is 6.14. The van der Waals surface area contributed by atoms with Gasteiger partial charge in [-0.3, -0.25) is 0 Å². The second kappa shape index (κ2) is 6.97. The van der Waals surface area contributed by atoms with Crippen LogP contribution in [0.4, 0.5) is 18.9 Å². The minimum Gasteiger partial charge on any atom is -0.382 e. The normalized spacial score (nSPS) is 14.0. The summed E-state index contributed by atoms with van der Waals surface area (Å²) in [5, 5.41) is 8.03. The highest BCUT2D eigenvalue weighted by atomic mass is 79.9. The van der Waals surface area contributed by atoms with Crippen molar-refractivity contribution in [3.8, 4) is 0 Å². The van der Waals surface area contributed by atoms with Crippen LogP contribution in [-0.2, 0) is 10.0 Å². The van der Waals surface area contributed by atoms with Crippen LogP contribution in [0.1, 0.15) is 26.2 Å². The molecule has 0 saturated carbocycles. The van der Waals surface area contributed by atoms with Gasteiger partial charge < -0.3 is 5.32 Å². The number of benzene rings is 1. The molecule has 0 radical (unpaired) electrons. The predicted octanol–water partition coefficient (Wildman–Crippen LogP) is 3.63. The second-order valence-electron chi connectivity index (χ2n) is 4.74. The molecular weight excluding hydrogens is 373 g/mol. The number of primary sulfonamides is 1. The maximum absolute atomic E-state index is 12.1. The van der Waals surface area contributed by atoms with Gasteiger partial charge in [-0.2, -0.15) is 13.2 Å². The average molecular weight is 389 g/mol. The van der Waals surface area contributed by atoms with Gasteiger partial charge in [0.25, 0.3) is 0 Å². The molecule has 0 spiro atoms. The average Bonchev–Trinajstić information content (AvgIpc) is 2.28. The Balaban J connectivity index is 2.63. The van der Waals surface area contributed by atoms with Gasteiger partial charge in [-0.15, -0.1) is 0 Å². The molecule has 1 rings (SSSR count). The van der Waals surface area contributed by atoms with Crippen molar-refractivity contribution in [2.24, 2.45) is 5.14 Å². The highest BCUT2D eigenvalue weighted by Gasteiger charge is 2.26. The zero-order valence-electron chi connectivity index (χ0n) is 11.2. The Morgan fingerprint density at radius 3 is 2.48 bits per heavy atom. The summed E-state index contributed by atoms with van der Waals surface area (Å²) in [6, 6.07) is 4.03. The molecule has 0 saturated heterocycles. The summed E-state index contributed by atoms with van der Waals surface area (Å²) in [7, 11) is -3.78. The Hall–Kier alpha value is -0.800. The molecule has 0 aliphatic rings. The lowest BCUT2D eigenvalue weighted by molar-refractivity contribution is -0.135. The Morgan fingerprint density at radius 1 is 1.38 bits per heavy atom. The number of anilines is 1. The van der Waals surface area contributed by atoms with Gasteiger partial charge in [0.15, 0.2) is 0 Å². The molecule has 0 bridgehead atoms. The molecule has 0 aliphatic carbocycles. The smallest absolute Gasteiger partial charge is 0.382 e. The van der Waals surface area contributed by atoms with Crippen molar-refractivity contribution in [2.45, 2.75) is 43.3 Å². The van der Waals surface area contributed by atoms with Gasteiger partial charge in [0, 0.05) is 22.6 Å². The van der Waals surface area contributed by atoms with Crippen LogP contribution in [-0.4, -0.2) is 20.6 Å². The van der Waals surface area contributed by atoms with Crippen molar-refractivity contribution in [1.82, 2.24) is 0 Å². The summed E-state index contributed by atoms with van der Waals surface area (Å²) in [6.07, 6.45) is -4.57. The molecule has 1 aromatic rings. The van der Waals surface area contributed by atoms with Crippen molar-refractivity contribution in [3.63, 3.8) is 0 Å². The Labute approximate surface area is 130 Å². The molecule has 0 aliphatic heterocycles. The highest BCUT2D eigenvalue weighted by molar-refractivity contribution is 9.10. The zero-order chi connectivity index (χ0) is 16.3. The summed E-state index contributed by atoms with van der Waals surface area (Å²) >= 11 is 3.21.